The van der Waals surface area contributed by atoms with Crippen molar-refractivity contribution in [1.29, 1.82) is 0 Å². The molecule has 0 bridgehead atoms. The van der Waals surface area contributed by atoms with Gasteiger partial charge in [0.1, 0.15) is 23.8 Å². The number of anilines is 2. The van der Waals surface area contributed by atoms with E-state index in [0.29, 0.717) is 11.6 Å². The fraction of sp³-hybridized carbons (Fsp3) is 0.105. The Kier molecular flexibility index (Phi) is 3.78. The van der Waals surface area contributed by atoms with Gasteiger partial charge in [-0.3, -0.25) is 4.57 Å². The molecule has 2 aromatic carbocycles. The first kappa shape index (κ1) is 15.1. The number of fused-ring (bicyclic) bond motifs is 1. The van der Waals surface area contributed by atoms with Crippen LogP contribution in [0.1, 0.15) is 18.8 Å². The normalized spacial score (nSPS) is 12.2. The maximum absolute atomic E-state index is 5.74. The average molecular weight is 330 g/mol. The van der Waals surface area contributed by atoms with Crippen molar-refractivity contribution in [3.05, 3.63) is 72.8 Å². The first-order valence-electron chi connectivity index (χ1n) is 8.09. The number of hydrogen-bond donors (Lipinski definition) is 2. The summed E-state index contributed by atoms with van der Waals surface area (Å²) >= 11 is 0. The van der Waals surface area contributed by atoms with Crippen LogP contribution in [0.25, 0.3) is 16.7 Å². The maximum Gasteiger partial charge on any atom is 0.136 e. The lowest BCUT2D eigenvalue weighted by Crippen LogP contribution is -2.14. The standard InChI is InChI=1S/C19H18N6/c1-13(23-18-11-17(20)21-12-22-18)19-24-15-9-5-6-10-16(15)25(19)14-7-3-2-4-8-14/h2-13H,1H3,(H3,20,21,22,23)/t13-/m0/s1. The van der Waals surface area contributed by atoms with Crippen molar-refractivity contribution < 1.29 is 0 Å². The molecule has 4 aromatic rings. The molecule has 0 saturated heterocycles. The van der Waals surface area contributed by atoms with Gasteiger partial charge in [0.2, 0.25) is 0 Å². The van der Waals surface area contributed by atoms with Crippen LogP contribution in [-0.4, -0.2) is 19.5 Å². The van der Waals surface area contributed by atoms with E-state index in [9.17, 15) is 0 Å². The van der Waals surface area contributed by atoms with E-state index in [1.807, 2.05) is 36.4 Å². The van der Waals surface area contributed by atoms with Gasteiger partial charge < -0.3 is 11.1 Å². The molecular weight excluding hydrogens is 312 g/mol. The van der Waals surface area contributed by atoms with Crippen LogP contribution in [0.5, 0.6) is 0 Å². The second-order valence-electron chi connectivity index (χ2n) is 5.82. The van der Waals surface area contributed by atoms with Crippen LogP contribution in [0.4, 0.5) is 11.6 Å². The maximum atomic E-state index is 5.74. The molecule has 4 rings (SSSR count). The summed E-state index contributed by atoms with van der Waals surface area (Å²) in [6, 6.07) is 20.0. The monoisotopic (exact) mass is 330 g/mol. The zero-order valence-electron chi connectivity index (χ0n) is 13.8. The van der Waals surface area contributed by atoms with Gasteiger partial charge in [-0.1, -0.05) is 30.3 Å². The highest BCUT2D eigenvalue weighted by Gasteiger charge is 2.18. The number of imidazole rings is 1. The molecule has 0 radical (unpaired) electrons. The number of benzene rings is 2. The number of nitrogens with zero attached hydrogens (tertiary/aromatic N) is 4. The lowest BCUT2D eigenvalue weighted by atomic mass is 10.2. The summed E-state index contributed by atoms with van der Waals surface area (Å²) in [5, 5.41) is 3.36. The van der Waals surface area contributed by atoms with Crippen molar-refractivity contribution in [2.24, 2.45) is 0 Å². The summed E-state index contributed by atoms with van der Waals surface area (Å²) in [6.45, 7) is 2.05. The second-order valence-corrected chi connectivity index (χ2v) is 5.82. The van der Waals surface area contributed by atoms with Crippen molar-refractivity contribution in [1.82, 2.24) is 19.5 Å². The molecular formula is C19H18N6. The molecule has 0 amide bonds. The lowest BCUT2D eigenvalue weighted by molar-refractivity contribution is 0.768. The topological polar surface area (TPSA) is 81.7 Å². The van der Waals surface area contributed by atoms with Crippen LogP contribution in [0.15, 0.2) is 67.0 Å². The molecule has 0 spiro atoms. The summed E-state index contributed by atoms with van der Waals surface area (Å²) < 4.78 is 2.16. The molecule has 25 heavy (non-hydrogen) atoms. The number of nitrogens with one attached hydrogen (secondary N) is 1. The SMILES string of the molecule is C[C@H](Nc1cc(N)ncn1)c1nc2ccccc2n1-c1ccccc1. The van der Waals surface area contributed by atoms with Gasteiger partial charge in [0.25, 0.3) is 0 Å². The lowest BCUT2D eigenvalue weighted by Gasteiger charge is -2.17. The summed E-state index contributed by atoms with van der Waals surface area (Å²) in [5.41, 5.74) is 8.84. The molecule has 124 valence electrons. The molecule has 0 fully saturated rings. The highest BCUT2D eigenvalue weighted by atomic mass is 15.1. The quantitative estimate of drug-likeness (QED) is 0.598. The predicted molar refractivity (Wildman–Crippen MR) is 99.6 cm³/mol. The number of para-hydroxylation sites is 3. The number of aromatic nitrogens is 4. The highest BCUT2D eigenvalue weighted by molar-refractivity contribution is 5.78. The fourth-order valence-corrected chi connectivity index (χ4v) is 2.92. The smallest absolute Gasteiger partial charge is 0.136 e. The predicted octanol–water partition coefficient (Wildman–Crippen LogP) is 3.57. The minimum atomic E-state index is -0.0677. The Labute approximate surface area is 145 Å². The van der Waals surface area contributed by atoms with Gasteiger partial charge in [-0.05, 0) is 31.2 Å². The van der Waals surface area contributed by atoms with E-state index in [0.717, 1.165) is 22.5 Å². The summed E-state index contributed by atoms with van der Waals surface area (Å²) in [5.74, 6) is 2.01. The highest BCUT2D eigenvalue weighted by Crippen LogP contribution is 2.26. The molecule has 3 N–H and O–H groups in total. The first-order chi connectivity index (χ1) is 12.2. The van der Waals surface area contributed by atoms with Gasteiger partial charge in [-0.2, -0.15) is 0 Å². The Bertz CT molecular complexity index is 1010. The number of nitrogens with two attached hydrogens (primary N) is 1. The summed E-state index contributed by atoms with van der Waals surface area (Å²) in [4.78, 5) is 13.0. The zero-order valence-corrected chi connectivity index (χ0v) is 13.8. The molecule has 0 aliphatic rings. The summed E-state index contributed by atoms with van der Waals surface area (Å²) in [7, 11) is 0. The van der Waals surface area contributed by atoms with Crippen LogP contribution in [0.3, 0.4) is 0 Å². The molecule has 0 saturated carbocycles. The Hall–Kier alpha value is -3.41. The van der Waals surface area contributed by atoms with Gasteiger partial charge in [0, 0.05) is 11.8 Å². The van der Waals surface area contributed by atoms with E-state index >= 15 is 0 Å². The largest absolute Gasteiger partial charge is 0.384 e. The second kappa shape index (κ2) is 6.24. The summed E-state index contributed by atoms with van der Waals surface area (Å²) in [6.07, 6.45) is 1.45. The van der Waals surface area contributed by atoms with E-state index in [-0.39, 0.29) is 6.04 Å². The third-order valence-electron chi connectivity index (χ3n) is 4.04. The molecule has 1 atom stereocenters. The van der Waals surface area contributed by atoms with Crippen LogP contribution in [0.2, 0.25) is 0 Å². The van der Waals surface area contributed by atoms with Gasteiger partial charge >= 0.3 is 0 Å². The number of rotatable bonds is 4. The zero-order chi connectivity index (χ0) is 17.2. The Morgan fingerprint density at radius 1 is 1.00 bits per heavy atom. The van der Waals surface area contributed by atoms with E-state index < -0.39 is 0 Å². The van der Waals surface area contributed by atoms with E-state index in [1.54, 1.807) is 6.07 Å². The third kappa shape index (κ3) is 2.89. The Morgan fingerprint density at radius 3 is 2.56 bits per heavy atom. The minimum Gasteiger partial charge on any atom is -0.384 e. The first-order valence-corrected chi connectivity index (χ1v) is 8.09. The van der Waals surface area contributed by atoms with Crippen LogP contribution in [-0.2, 0) is 0 Å². The Morgan fingerprint density at radius 2 is 1.76 bits per heavy atom. The van der Waals surface area contributed by atoms with E-state index in [4.69, 9.17) is 10.7 Å². The minimum absolute atomic E-state index is 0.0677. The van der Waals surface area contributed by atoms with E-state index in [2.05, 4.69) is 45.0 Å². The van der Waals surface area contributed by atoms with Gasteiger partial charge in [0.15, 0.2) is 0 Å². The third-order valence-corrected chi connectivity index (χ3v) is 4.04. The molecule has 0 unspecified atom stereocenters. The van der Waals surface area contributed by atoms with Crippen molar-refractivity contribution in [2.45, 2.75) is 13.0 Å². The van der Waals surface area contributed by atoms with Crippen molar-refractivity contribution in [2.75, 3.05) is 11.1 Å². The van der Waals surface area contributed by atoms with Crippen LogP contribution < -0.4 is 11.1 Å². The average Bonchev–Trinajstić information content (AvgIpc) is 3.02. The van der Waals surface area contributed by atoms with Gasteiger partial charge in [-0.25, -0.2) is 15.0 Å². The van der Waals surface area contributed by atoms with E-state index in [1.165, 1.54) is 6.33 Å². The molecule has 2 aromatic heterocycles. The van der Waals surface area contributed by atoms with Gasteiger partial charge in [-0.15, -0.1) is 0 Å². The van der Waals surface area contributed by atoms with Crippen LogP contribution >= 0.6 is 0 Å². The number of hydrogen-bond acceptors (Lipinski definition) is 5. The van der Waals surface area contributed by atoms with Gasteiger partial charge in [0.05, 0.1) is 17.1 Å². The molecule has 2 heterocycles. The molecule has 0 aliphatic carbocycles. The molecule has 6 heteroatoms. The van der Waals surface area contributed by atoms with Crippen molar-refractivity contribution >= 4 is 22.7 Å². The van der Waals surface area contributed by atoms with Crippen LogP contribution in [0, 0.1) is 0 Å². The van der Waals surface area contributed by atoms with Crippen molar-refractivity contribution in [3.63, 3.8) is 0 Å². The fourth-order valence-electron chi connectivity index (χ4n) is 2.92. The Balaban J connectivity index is 1.81. The molecule has 6 nitrogen and oxygen atoms in total. The number of nitrogen functional groups attached to an aromatic ring is 1. The molecule has 0 aliphatic heterocycles. The van der Waals surface area contributed by atoms with Crippen molar-refractivity contribution in [3.8, 4) is 5.69 Å².